The number of morpholine rings is 1. The molecule has 2 heterocycles. The fourth-order valence-corrected chi connectivity index (χ4v) is 2.29. The minimum absolute atomic E-state index is 0.0972. The predicted octanol–water partition coefficient (Wildman–Crippen LogP) is -1.23. The summed E-state index contributed by atoms with van der Waals surface area (Å²) in [5, 5.41) is 2.84. The summed E-state index contributed by atoms with van der Waals surface area (Å²) in [5.41, 5.74) is -0.929. The predicted molar refractivity (Wildman–Crippen MR) is 80.8 cm³/mol. The number of aryl methyl sites for hydroxylation is 1. The number of aromatic nitrogens is 2. The lowest BCUT2D eigenvalue weighted by molar-refractivity contribution is -0.121. The van der Waals surface area contributed by atoms with Gasteiger partial charge < -0.3 is 14.6 Å². The molecule has 1 aromatic rings. The molecule has 1 amide bonds. The van der Waals surface area contributed by atoms with Crippen molar-refractivity contribution in [2.75, 3.05) is 39.4 Å². The molecule has 22 heavy (non-hydrogen) atoms. The number of carbonyl (C=O) groups excluding carboxylic acids is 1. The van der Waals surface area contributed by atoms with Crippen molar-refractivity contribution in [3.05, 3.63) is 33.1 Å². The number of nitrogens with one attached hydrogen (secondary N) is 2. The van der Waals surface area contributed by atoms with Gasteiger partial charge in [-0.05, 0) is 13.0 Å². The number of hydrogen-bond donors (Lipinski definition) is 2. The third-order valence-corrected chi connectivity index (χ3v) is 3.55. The van der Waals surface area contributed by atoms with Gasteiger partial charge in [0.25, 0.3) is 5.56 Å². The number of carbonyl (C=O) groups is 1. The highest BCUT2D eigenvalue weighted by atomic mass is 16.5. The topological polar surface area (TPSA) is 96.4 Å². The molecule has 0 saturated carbocycles. The first-order valence-electron chi connectivity index (χ1n) is 7.52. The van der Waals surface area contributed by atoms with E-state index in [1.54, 1.807) is 0 Å². The summed E-state index contributed by atoms with van der Waals surface area (Å²) in [6, 6.07) is 1.27. The Morgan fingerprint density at radius 2 is 2.05 bits per heavy atom. The van der Waals surface area contributed by atoms with Crippen LogP contribution in [-0.4, -0.2) is 59.8 Å². The van der Waals surface area contributed by atoms with Crippen LogP contribution in [0.5, 0.6) is 0 Å². The zero-order valence-electron chi connectivity index (χ0n) is 12.5. The van der Waals surface area contributed by atoms with E-state index in [1.807, 2.05) is 0 Å². The van der Waals surface area contributed by atoms with E-state index in [0.717, 1.165) is 39.3 Å². The Balaban J connectivity index is 1.61. The molecule has 1 aliphatic heterocycles. The van der Waals surface area contributed by atoms with Gasteiger partial charge in [-0.15, -0.1) is 0 Å². The van der Waals surface area contributed by atoms with E-state index in [1.165, 1.54) is 16.8 Å². The van der Waals surface area contributed by atoms with Gasteiger partial charge in [0.1, 0.15) is 0 Å². The molecular weight excluding hydrogens is 288 g/mol. The summed E-state index contributed by atoms with van der Waals surface area (Å²) < 4.78 is 6.59. The van der Waals surface area contributed by atoms with Crippen LogP contribution in [0.2, 0.25) is 0 Å². The van der Waals surface area contributed by atoms with E-state index in [2.05, 4.69) is 15.2 Å². The van der Waals surface area contributed by atoms with Crippen molar-refractivity contribution < 1.29 is 9.53 Å². The lowest BCUT2D eigenvalue weighted by Crippen LogP contribution is -2.38. The van der Waals surface area contributed by atoms with Crippen molar-refractivity contribution in [1.29, 1.82) is 0 Å². The molecule has 122 valence electrons. The number of rotatable bonds is 7. The largest absolute Gasteiger partial charge is 0.379 e. The lowest BCUT2D eigenvalue weighted by Gasteiger charge is -2.26. The number of hydrogen-bond acceptors (Lipinski definition) is 5. The van der Waals surface area contributed by atoms with E-state index in [4.69, 9.17) is 4.74 Å². The molecule has 2 rings (SSSR count). The second kappa shape index (κ2) is 8.50. The van der Waals surface area contributed by atoms with Crippen LogP contribution in [0.25, 0.3) is 0 Å². The Morgan fingerprint density at radius 3 is 2.77 bits per heavy atom. The molecule has 1 aromatic heterocycles. The number of H-pyrrole nitrogens is 1. The van der Waals surface area contributed by atoms with Gasteiger partial charge in [0, 0.05) is 44.9 Å². The van der Waals surface area contributed by atoms with Crippen LogP contribution in [0, 0.1) is 0 Å². The van der Waals surface area contributed by atoms with Crippen LogP contribution in [0.15, 0.2) is 21.9 Å². The Labute approximate surface area is 128 Å². The Kier molecular flexibility index (Phi) is 6.35. The normalized spacial score (nSPS) is 15.6. The average Bonchev–Trinajstić information content (AvgIpc) is 2.52. The molecule has 1 fully saturated rings. The van der Waals surface area contributed by atoms with E-state index in [0.29, 0.717) is 6.54 Å². The number of nitrogens with zero attached hydrogens (tertiary/aromatic N) is 2. The quantitative estimate of drug-likeness (QED) is 0.615. The van der Waals surface area contributed by atoms with Crippen LogP contribution in [0.3, 0.4) is 0 Å². The summed E-state index contributed by atoms with van der Waals surface area (Å²) in [5.74, 6) is -0.0972. The van der Waals surface area contributed by atoms with Crippen LogP contribution in [0.1, 0.15) is 12.8 Å². The molecule has 0 unspecified atom stereocenters. The van der Waals surface area contributed by atoms with E-state index in [9.17, 15) is 14.4 Å². The molecular formula is C14H22N4O4. The SMILES string of the molecule is O=C(CCn1ccc(=O)[nH]c1=O)NCCCN1CCOCC1. The van der Waals surface area contributed by atoms with Crippen molar-refractivity contribution in [2.45, 2.75) is 19.4 Å². The molecule has 0 radical (unpaired) electrons. The third kappa shape index (κ3) is 5.45. The van der Waals surface area contributed by atoms with Crippen molar-refractivity contribution in [3.63, 3.8) is 0 Å². The number of ether oxygens (including phenoxy) is 1. The highest BCUT2D eigenvalue weighted by Crippen LogP contribution is 1.97. The van der Waals surface area contributed by atoms with Gasteiger partial charge in [0.05, 0.1) is 13.2 Å². The maximum Gasteiger partial charge on any atom is 0.328 e. The average molecular weight is 310 g/mol. The van der Waals surface area contributed by atoms with Gasteiger partial charge in [-0.2, -0.15) is 0 Å². The van der Waals surface area contributed by atoms with Crippen molar-refractivity contribution in [1.82, 2.24) is 19.8 Å². The number of aromatic amines is 1. The van der Waals surface area contributed by atoms with Crippen molar-refractivity contribution in [3.8, 4) is 0 Å². The summed E-state index contributed by atoms with van der Waals surface area (Å²) in [6.45, 7) is 5.28. The summed E-state index contributed by atoms with van der Waals surface area (Å²) in [4.78, 5) is 38.6. The van der Waals surface area contributed by atoms with Crippen LogP contribution in [0.4, 0.5) is 0 Å². The molecule has 0 aliphatic carbocycles. The van der Waals surface area contributed by atoms with Crippen molar-refractivity contribution in [2.24, 2.45) is 0 Å². The molecule has 1 aliphatic rings. The lowest BCUT2D eigenvalue weighted by atomic mass is 10.3. The fourth-order valence-electron chi connectivity index (χ4n) is 2.29. The van der Waals surface area contributed by atoms with Gasteiger partial charge in [-0.25, -0.2) is 4.79 Å². The molecule has 0 aromatic carbocycles. The standard InChI is InChI=1S/C14H22N4O4/c19-12(2-6-18-7-3-13(20)16-14(18)21)15-4-1-5-17-8-10-22-11-9-17/h3,7H,1-2,4-6,8-11H2,(H,15,19)(H,16,20,21). The van der Waals surface area contributed by atoms with Crippen LogP contribution in [-0.2, 0) is 16.1 Å². The molecule has 0 spiro atoms. The third-order valence-electron chi connectivity index (χ3n) is 3.55. The monoisotopic (exact) mass is 310 g/mol. The zero-order valence-corrected chi connectivity index (χ0v) is 12.5. The second-order valence-electron chi connectivity index (χ2n) is 5.21. The highest BCUT2D eigenvalue weighted by molar-refractivity contribution is 5.75. The fraction of sp³-hybridized carbons (Fsp3) is 0.643. The van der Waals surface area contributed by atoms with Crippen LogP contribution >= 0.6 is 0 Å². The summed E-state index contributed by atoms with van der Waals surface area (Å²) in [7, 11) is 0. The Bertz CT molecular complexity index is 589. The van der Waals surface area contributed by atoms with Crippen molar-refractivity contribution >= 4 is 5.91 Å². The first-order valence-corrected chi connectivity index (χ1v) is 7.52. The summed E-state index contributed by atoms with van der Waals surface area (Å²) in [6.07, 6.45) is 2.50. The summed E-state index contributed by atoms with van der Waals surface area (Å²) >= 11 is 0. The molecule has 8 nitrogen and oxygen atoms in total. The molecule has 0 bridgehead atoms. The first kappa shape index (κ1) is 16.4. The maximum absolute atomic E-state index is 11.7. The first-order chi connectivity index (χ1) is 10.6. The van der Waals surface area contributed by atoms with Gasteiger partial charge in [0.2, 0.25) is 5.91 Å². The van der Waals surface area contributed by atoms with Gasteiger partial charge in [0.15, 0.2) is 0 Å². The minimum Gasteiger partial charge on any atom is -0.379 e. The van der Waals surface area contributed by atoms with Gasteiger partial charge in [-0.3, -0.25) is 19.5 Å². The van der Waals surface area contributed by atoms with E-state index >= 15 is 0 Å². The highest BCUT2D eigenvalue weighted by Gasteiger charge is 2.09. The van der Waals surface area contributed by atoms with Gasteiger partial charge in [-0.1, -0.05) is 0 Å². The number of amides is 1. The Hall–Kier alpha value is -1.93. The molecule has 2 N–H and O–H groups in total. The van der Waals surface area contributed by atoms with E-state index < -0.39 is 11.2 Å². The van der Waals surface area contributed by atoms with Gasteiger partial charge >= 0.3 is 5.69 Å². The molecule has 8 heteroatoms. The zero-order chi connectivity index (χ0) is 15.8. The minimum atomic E-state index is -0.493. The second-order valence-corrected chi connectivity index (χ2v) is 5.21. The van der Waals surface area contributed by atoms with E-state index in [-0.39, 0.29) is 18.9 Å². The molecule has 1 saturated heterocycles. The molecule has 0 atom stereocenters. The smallest absolute Gasteiger partial charge is 0.328 e. The Morgan fingerprint density at radius 1 is 1.27 bits per heavy atom. The maximum atomic E-state index is 11.7. The van der Waals surface area contributed by atoms with Crippen LogP contribution < -0.4 is 16.6 Å².